The van der Waals surface area contributed by atoms with Gasteiger partial charge >= 0.3 is 0 Å². The summed E-state index contributed by atoms with van der Waals surface area (Å²) >= 11 is 1.82. The van der Waals surface area contributed by atoms with Gasteiger partial charge in [0.25, 0.3) is 0 Å². The Labute approximate surface area is 161 Å². The van der Waals surface area contributed by atoms with Crippen molar-refractivity contribution in [2.45, 2.75) is 44.6 Å². The minimum Gasteiger partial charge on any atom is -0.356 e. The fraction of sp³-hybridized carbons (Fsp3) is 0.875. The number of thioether (sulfide) groups is 1. The molecule has 7 heteroatoms. The third kappa shape index (κ3) is 6.68. The van der Waals surface area contributed by atoms with Crippen LogP contribution in [0.3, 0.4) is 0 Å². The topological polar surface area (TPSA) is 56.7 Å². The quantitative estimate of drug-likeness (QED) is 0.290. The molecule has 1 saturated carbocycles. The van der Waals surface area contributed by atoms with Crippen molar-refractivity contribution in [3.05, 3.63) is 0 Å². The summed E-state index contributed by atoms with van der Waals surface area (Å²) in [6.07, 6.45) is 9.03. The molecule has 0 aromatic rings. The first-order valence-corrected chi connectivity index (χ1v) is 9.89. The zero-order valence-corrected chi connectivity index (χ0v) is 17.5. The molecule has 1 aliphatic heterocycles. The molecular formula is C16H31IN4OS. The number of hydrogen-bond acceptors (Lipinski definition) is 3. The van der Waals surface area contributed by atoms with E-state index < -0.39 is 0 Å². The summed E-state index contributed by atoms with van der Waals surface area (Å²) < 4.78 is 0. The van der Waals surface area contributed by atoms with Gasteiger partial charge in [-0.1, -0.05) is 19.3 Å². The molecule has 1 atom stereocenters. The molecule has 134 valence electrons. The fourth-order valence-electron chi connectivity index (χ4n) is 3.35. The van der Waals surface area contributed by atoms with Crippen molar-refractivity contribution in [2.75, 3.05) is 38.7 Å². The molecule has 1 saturated heterocycles. The zero-order valence-electron chi connectivity index (χ0n) is 14.3. The normalized spacial score (nSPS) is 22.6. The number of halogens is 1. The molecule has 2 N–H and O–H groups in total. The summed E-state index contributed by atoms with van der Waals surface area (Å²) in [6, 6.07) is 0.327. The van der Waals surface area contributed by atoms with Crippen LogP contribution < -0.4 is 10.6 Å². The highest BCUT2D eigenvalue weighted by Crippen LogP contribution is 2.26. The first-order valence-electron chi connectivity index (χ1n) is 8.49. The van der Waals surface area contributed by atoms with Crippen molar-refractivity contribution in [1.29, 1.82) is 0 Å². The molecule has 0 aromatic carbocycles. The van der Waals surface area contributed by atoms with Gasteiger partial charge in [-0.05, 0) is 25.5 Å². The number of nitrogens with zero attached hydrogens (tertiary/aromatic N) is 2. The largest absolute Gasteiger partial charge is 0.356 e. The van der Waals surface area contributed by atoms with Gasteiger partial charge in [-0.2, -0.15) is 11.8 Å². The first kappa shape index (κ1) is 20.9. The van der Waals surface area contributed by atoms with Gasteiger partial charge in [-0.3, -0.25) is 9.79 Å². The number of carbonyl (C=O) groups is 1. The van der Waals surface area contributed by atoms with Crippen LogP contribution in [0.5, 0.6) is 0 Å². The Balaban J connectivity index is 0.00000264. The molecule has 0 aromatic heterocycles. The van der Waals surface area contributed by atoms with Gasteiger partial charge in [-0.15, -0.1) is 24.0 Å². The van der Waals surface area contributed by atoms with E-state index in [1.807, 2.05) is 11.8 Å². The average Bonchev–Trinajstić information content (AvgIpc) is 3.02. The Hall–Kier alpha value is -0.180. The maximum Gasteiger partial charge on any atom is 0.225 e. The minimum atomic E-state index is 0. The number of rotatable bonds is 5. The van der Waals surface area contributed by atoms with Gasteiger partial charge in [-0.25, -0.2) is 0 Å². The number of carbonyl (C=O) groups excluding carboxylic acids is 1. The Morgan fingerprint density at radius 2 is 2.00 bits per heavy atom. The highest BCUT2D eigenvalue weighted by molar-refractivity contribution is 14.0. The van der Waals surface area contributed by atoms with Crippen molar-refractivity contribution in [1.82, 2.24) is 15.5 Å². The second kappa shape index (κ2) is 11.4. The van der Waals surface area contributed by atoms with E-state index in [-0.39, 0.29) is 29.9 Å². The first-order chi connectivity index (χ1) is 10.7. The Bertz CT molecular complexity index is 388. The van der Waals surface area contributed by atoms with Gasteiger partial charge in [0, 0.05) is 44.4 Å². The highest BCUT2D eigenvalue weighted by Gasteiger charge is 2.31. The monoisotopic (exact) mass is 454 g/mol. The molecular weight excluding hydrogens is 423 g/mol. The molecule has 1 aliphatic carbocycles. The van der Waals surface area contributed by atoms with Gasteiger partial charge in [0.1, 0.15) is 0 Å². The fourth-order valence-corrected chi connectivity index (χ4v) is 3.65. The third-order valence-corrected chi connectivity index (χ3v) is 5.23. The molecule has 2 rings (SSSR count). The van der Waals surface area contributed by atoms with E-state index in [2.05, 4.69) is 26.8 Å². The lowest BCUT2D eigenvalue weighted by Gasteiger charge is -2.26. The number of nitrogens with one attached hydrogen (secondary N) is 2. The number of likely N-dealkylation sites (tertiary alicyclic amines) is 1. The van der Waals surface area contributed by atoms with Crippen LogP contribution >= 0.6 is 35.7 Å². The van der Waals surface area contributed by atoms with Crippen molar-refractivity contribution in [3.63, 3.8) is 0 Å². The van der Waals surface area contributed by atoms with Crippen LogP contribution in [0.1, 0.15) is 38.5 Å². The van der Waals surface area contributed by atoms with Crippen LogP contribution in [0.15, 0.2) is 4.99 Å². The van der Waals surface area contributed by atoms with Crippen LogP contribution in [0.25, 0.3) is 0 Å². The SMILES string of the molecule is CN=C(NCCSC)NC1CCN(C(=O)C2CCCCC2)C1.I. The lowest BCUT2D eigenvalue weighted by atomic mass is 9.88. The smallest absolute Gasteiger partial charge is 0.225 e. The minimum absolute atomic E-state index is 0. The zero-order chi connectivity index (χ0) is 15.8. The van der Waals surface area contributed by atoms with E-state index in [4.69, 9.17) is 0 Å². The molecule has 2 fully saturated rings. The summed E-state index contributed by atoms with van der Waals surface area (Å²) in [4.78, 5) is 18.9. The van der Waals surface area contributed by atoms with Gasteiger partial charge in [0.2, 0.25) is 5.91 Å². The van der Waals surface area contributed by atoms with Crippen LogP contribution in [0, 0.1) is 5.92 Å². The molecule has 23 heavy (non-hydrogen) atoms. The Morgan fingerprint density at radius 1 is 1.26 bits per heavy atom. The molecule has 5 nitrogen and oxygen atoms in total. The number of aliphatic imine (C=N–C) groups is 1. The lowest BCUT2D eigenvalue weighted by molar-refractivity contribution is -0.135. The molecule has 0 spiro atoms. The van der Waals surface area contributed by atoms with Crippen molar-refractivity contribution < 1.29 is 4.79 Å². The Kier molecular flexibility index (Phi) is 10.3. The molecule has 0 bridgehead atoms. The van der Waals surface area contributed by atoms with E-state index in [1.165, 1.54) is 19.3 Å². The molecule has 2 aliphatic rings. The van der Waals surface area contributed by atoms with Crippen LogP contribution in [0.2, 0.25) is 0 Å². The van der Waals surface area contributed by atoms with E-state index in [0.29, 0.717) is 11.9 Å². The standard InChI is InChI=1S/C16H30N4OS.HI/c1-17-16(18-9-11-22-2)19-14-8-10-20(12-14)15(21)13-6-4-3-5-7-13;/h13-14H,3-12H2,1-2H3,(H2,17,18,19);1H. The summed E-state index contributed by atoms with van der Waals surface area (Å²) in [5.74, 6) is 2.59. The lowest BCUT2D eigenvalue weighted by Crippen LogP contribution is -2.46. The van der Waals surface area contributed by atoms with Crippen LogP contribution in [-0.2, 0) is 4.79 Å². The van der Waals surface area contributed by atoms with Gasteiger partial charge in [0.15, 0.2) is 5.96 Å². The van der Waals surface area contributed by atoms with E-state index in [0.717, 1.165) is 50.6 Å². The average molecular weight is 454 g/mol. The maximum absolute atomic E-state index is 12.6. The second-order valence-electron chi connectivity index (χ2n) is 6.24. The molecule has 1 unspecified atom stereocenters. The predicted octanol–water partition coefficient (Wildman–Crippen LogP) is 2.31. The summed E-state index contributed by atoms with van der Waals surface area (Å²) in [6.45, 7) is 2.62. The maximum atomic E-state index is 12.6. The van der Waals surface area contributed by atoms with Crippen molar-refractivity contribution in [2.24, 2.45) is 10.9 Å². The number of amides is 1. The highest BCUT2D eigenvalue weighted by atomic mass is 127. The molecule has 1 amide bonds. The van der Waals surface area contributed by atoms with E-state index >= 15 is 0 Å². The summed E-state index contributed by atoms with van der Waals surface area (Å²) in [5.41, 5.74) is 0. The second-order valence-corrected chi connectivity index (χ2v) is 7.23. The van der Waals surface area contributed by atoms with E-state index in [1.54, 1.807) is 7.05 Å². The van der Waals surface area contributed by atoms with Gasteiger partial charge in [0.05, 0.1) is 0 Å². The number of hydrogen-bond donors (Lipinski definition) is 2. The summed E-state index contributed by atoms with van der Waals surface area (Å²) in [7, 11) is 1.80. The summed E-state index contributed by atoms with van der Waals surface area (Å²) in [5, 5.41) is 6.77. The third-order valence-electron chi connectivity index (χ3n) is 4.62. The van der Waals surface area contributed by atoms with Crippen molar-refractivity contribution in [3.8, 4) is 0 Å². The van der Waals surface area contributed by atoms with Gasteiger partial charge < -0.3 is 15.5 Å². The van der Waals surface area contributed by atoms with Crippen LogP contribution in [0.4, 0.5) is 0 Å². The Morgan fingerprint density at radius 3 is 2.65 bits per heavy atom. The number of guanidine groups is 1. The predicted molar refractivity (Wildman–Crippen MR) is 110 cm³/mol. The van der Waals surface area contributed by atoms with E-state index in [9.17, 15) is 4.79 Å². The molecule has 1 heterocycles. The van der Waals surface area contributed by atoms with Crippen molar-refractivity contribution >= 4 is 47.6 Å². The van der Waals surface area contributed by atoms with Crippen LogP contribution in [-0.4, -0.2) is 61.5 Å². The molecule has 0 radical (unpaired) electrons.